The third kappa shape index (κ3) is 7.86. The number of nitrogens with one attached hydrogen (secondary N) is 1. The highest BCUT2D eigenvalue weighted by Crippen LogP contribution is 2.34. The van der Waals surface area contributed by atoms with Crippen LogP contribution in [0.25, 0.3) is 11.1 Å². The lowest BCUT2D eigenvalue weighted by Crippen LogP contribution is -2.18. The van der Waals surface area contributed by atoms with Crippen LogP contribution in [0.3, 0.4) is 0 Å². The van der Waals surface area contributed by atoms with Crippen LogP contribution in [0.5, 0.6) is 0 Å². The number of nitrogens with zero attached hydrogens (tertiary/aromatic N) is 3. The van der Waals surface area contributed by atoms with Gasteiger partial charge in [0, 0.05) is 48.5 Å². The lowest BCUT2D eigenvalue weighted by atomic mass is 9.86. The lowest BCUT2D eigenvalue weighted by Gasteiger charge is -2.20. The van der Waals surface area contributed by atoms with E-state index in [1.807, 2.05) is 0 Å². The maximum atomic E-state index is 14.2. The SMILES string of the molecule is CCNCc1cn(CC(=O)C[C@@H](Cc2cc(F)cc(F)c2)c2ncccc2-c2ccc(F)c(C(N)=O)c2)nc1C(F)(F)F. The van der Waals surface area contributed by atoms with E-state index in [1.54, 1.807) is 19.1 Å². The molecule has 0 unspecified atom stereocenters. The Balaban J connectivity index is 1.71. The number of primary amides is 1. The lowest BCUT2D eigenvalue weighted by molar-refractivity contribution is -0.142. The molecule has 7 nitrogen and oxygen atoms in total. The molecule has 0 saturated carbocycles. The van der Waals surface area contributed by atoms with Crippen molar-refractivity contribution in [2.45, 2.75) is 44.9 Å². The smallest absolute Gasteiger partial charge is 0.366 e. The number of nitrogens with two attached hydrogens (primary N) is 1. The van der Waals surface area contributed by atoms with Gasteiger partial charge in [-0.15, -0.1) is 0 Å². The van der Waals surface area contributed by atoms with Crippen molar-refractivity contribution in [3.8, 4) is 11.1 Å². The highest BCUT2D eigenvalue weighted by atomic mass is 19.4. The van der Waals surface area contributed by atoms with Crippen molar-refractivity contribution in [2.24, 2.45) is 5.73 Å². The second kappa shape index (κ2) is 13.2. The number of benzene rings is 2. The molecule has 0 fully saturated rings. The summed E-state index contributed by atoms with van der Waals surface area (Å²) in [6.07, 6.45) is -2.53. The first kappa shape index (κ1) is 31.4. The molecule has 2 heterocycles. The third-order valence-electron chi connectivity index (χ3n) is 6.66. The second-order valence-electron chi connectivity index (χ2n) is 9.90. The Morgan fingerprint density at radius 2 is 1.77 bits per heavy atom. The first-order valence-corrected chi connectivity index (χ1v) is 13.2. The fourth-order valence-electron chi connectivity index (χ4n) is 4.84. The number of hydrogen-bond acceptors (Lipinski definition) is 5. The molecule has 1 atom stereocenters. The van der Waals surface area contributed by atoms with Crippen molar-refractivity contribution < 1.29 is 35.9 Å². The van der Waals surface area contributed by atoms with E-state index in [9.17, 15) is 35.9 Å². The molecule has 13 heteroatoms. The minimum absolute atomic E-state index is 0.0765. The fourth-order valence-corrected chi connectivity index (χ4v) is 4.84. The van der Waals surface area contributed by atoms with Crippen LogP contribution in [-0.4, -0.2) is 33.0 Å². The number of carbonyl (C=O) groups excluding carboxylic acids is 2. The number of alkyl halides is 3. The number of rotatable bonds is 12. The Morgan fingerprint density at radius 1 is 1.05 bits per heavy atom. The number of hydrogen-bond donors (Lipinski definition) is 2. The summed E-state index contributed by atoms with van der Waals surface area (Å²) in [5, 5.41) is 6.41. The van der Waals surface area contributed by atoms with Gasteiger partial charge in [0.2, 0.25) is 0 Å². The monoisotopic (exact) mass is 603 g/mol. The van der Waals surface area contributed by atoms with Gasteiger partial charge in [-0.1, -0.05) is 19.1 Å². The van der Waals surface area contributed by atoms with Gasteiger partial charge in [0.1, 0.15) is 17.5 Å². The Hall–Kier alpha value is -4.52. The summed E-state index contributed by atoms with van der Waals surface area (Å²) in [6, 6.07) is 9.74. The summed E-state index contributed by atoms with van der Waals surface area (Å²) in [7, 11) is 0. The van der Waals surface area contributed by atoms with E-state index in [-0.39, 0.29) is 41.8 Å². The summed E-state index contributed by atoms with van der Waals surface area (Å²) in [4.78, 5) is 29.5. The number of halogens is 6. The largest absolute Gasteiger partial charge is 0.435 e. The summed E-state index contributed by atoms with van der Waals surface area (Å²) < 4.78 is 83.9. The van der Waals surface area contributed by atoms with Crippen LogP contribution >= 0.6 is 0 Å². The van der Waals surface area contributed by atoms with Crippen LogP contribution in [0.4, 0.5) is 26.3 Å². The predicted molar refractivity (Wildman–Crippen MR) is 145 cm³/mol. The maximum Gasteiger partial charge on any atom is 0.435 e. The van der Waals surface area contributed by atoms with E-state index >= 15 is 0 Å². The molecular weight excluding hydrogens is 576 g/mol. The van der Waals surface area contributed by atoms with Crippen LogP contribution in [0, 0.1) is 17.5 Å². The standard InChI is InChI=1S/C30H27F6N5O2/c1-2-38-14-20-15-41(40-28(20)30(34,35)36)16-23(42)11-19(8-17-9-21(31)13-22(32)10-17)27-24(4-3-7-39-27)18-5-6-26(33)25(12-18)29(37)43/h3-7,9-10,12-13,15,19,38H,2,8,11,14,16H2,1H3,(H2,37,43)/t19-/m1/s1. The van der Waals surface area contributed by atoms with Crippen molar-refractivity contribution in [1.29, 1.82) is 0 Å². The van der Waals surface area contributed by atoms with Gasteiger partial charge in [-0.2, -0.15) is 18.3 Å². The van der Waals surface area contributed by atoms with Crippen LogP contribution in [0.2, 0.25) is 0 Å². The van der Waals surface area contributed by atoms with E-state index in [0.29, 0.717) is 23.7 Å². The van der Waals surface area contributed by atoms with Crippen LogP contribution in [-0.2, 0) is 30.5 Å². The highest BCUT2D eigenvalue weighted by molar-refractivity contribution is 5.94. The van der Waals surface area contributed by atoms with Gasteiger partial charge in [0.15, 0.2) is 11.5 Å². The summed E-state index contributed by atoms with van der Waals surface area (Å²) in [5.41, 5.74) is 4.92. The summed E-state index contributed by atoms with van der Waals surface area (Å²) in [5.74, 6) is -4.87. The Morgan fingerprint density at radius 3 is 2.42 bits per heavy atom. The molecule has 1 amide bonds. The summed E-state index contributed by atoms with van der Waals surface area (Å²) >= 11 is 0. The van der Waals surface area contributed by atoms with E-state index in [2.05, 4.69) is 15.4 Å². The van der Waals surface area contributed by atoms with Crippen LogP contribution in [0.1, 0.15) is 52.1 Å². The van der Waals surface area contributed by atoms with Gasteiger partial charge in [-0.3, -0.25) is 19.3 Å². The van der Waals surface area contributed by atoms with Crippen molar-refractivity contribution in [3.63, 3.8) is 0 Å². The zero-order chi connectivity index (χ0) is 31.3. The number of ketones is 1. The Labute approximate surface area is 242 Å². The fraction of sp³-hybridized carbons (Fsp3) is 0.267. The zero-order valence-corrected chi connectivity index (χ0v) is 22.9. The molecule has 0 aliphatic rings. The van der Waals surface area contributed by atoms with Gasteiger partial charge in [0.25, 0.3) is 5.91 Å². The molecule has 2 aromatic carbocycles. The van der Waals surface area contributed by atoms with E-state index in [1.165, 1.54) is 18.3 Å². The van der Waals surface area contributed by atoms with Crippen LogP contribution in [0.15, 0.2) is 60.9 Å². The molecule has 0 saturated heterocycles. The average molecular weight is 604 g/mol. The topological polar surface area (TPSA) is 103 Å². The van der Waals surface area contributed by atoms with E-state index in [0.717, 1.165) is 29.1 Å². The number of pyridine rings is 1. The molecule has 4 rings (SSSR count). The Bertz CT molecular complexity index is 1620. The van der Waals surface area contributed by atoms with Crippen molar-refractivity contribution in [1.82, 2.24) is 20.1 Å². The normalized spacial score (nSPS) is 12.3. The number of aromatic nitrogens is 3. The molecule has 0 radical (unpaired) electrons. The third-order valence-corrected chi connectivity index (χ3v) is 6.66. The molecule has 226 valence electrons. The van der Waals surface area contributed by atoms with Crippen molar-refractivity contribution in [2.75, 3.05) is 6.54 Å². The molecule has 0 aliphatic carbocycles. The first-order chi connectivity index (χ1) is 20.3. The maximum absolute atomic E-state index is 14.2. The van der Waals surface area contributed by atoms with Gasteiger partial charge in [0.05, 0.1) is 17.8 Å². The molecule has 0 bridgehead atoms. The molecule has 0 spiro atoms. The molecular formula is C30H27F6N5O2. The zero-order valence-electron chi connectivity index (χ0n) is 22.9. The van der Waals surface area contributed by atoms with Gasteiger partial charge >= 0.3 is 6.18 Å². The molecule has 3 N–H and O–H groups in total. The van der Waals surface area contributed by atoms with E-state index < -0.39 is 53.5 Å². The predicted octanol–water partition coefficient (Wildman–Crippen LogP) is 5.58. The quantitative estimate of drug-likeness (QED) is 0.206. The number of Topliss-reactive ketones (excluding diaryl/α,β-unsaturated/α-hetero) is 1. The number of amides is 1. The highest BCUT2D eigenvalue weighted by Gasteiger charge is 2.37. The Kier molecular flexibility index (Phi) is 9.64. The molecule has 2 aromatic heterocycles. The van der Waals surface area contributed by atoms with Crippen LogP contribution < -0.4 is 11.1 Å². The molecule has 0 aliphatic heterocycles. The summed E-state index contributed by atoms with van der Waals surface area (Å²) in [6.45, 7) is 1.55. The first-order valence-electron chi connectivity index (χ1n) is 13.2. The van der Waals surface area contributed by atoms with Gasteiger partial charge < -0.3 is 11.1 Å². The second-order valence-corrected chi connectivity index (χ2v) is 9.90. The minimum atomic E-state index is -4.73. The molecule has 4 aromatic rings. The average Bonchev–Trinajstić information content (AvgIpc) is 3.34. The van der Waals surface area contributed by atoms with Crippen molar-refractivity contribution >= 4 is 11.7 Å². The van der Waals surface area contributed by atoms with Gasteiger partial charge in [-0.05, 0) is 54.4 Å². The van der Waals surface area contributed by atoms with E-state index in [4.69, 9.17) is 5.73 Å². The molecule has 43 heavy (non-hydrogen) atoms. The number of carbonyl (C=O) groups is 2. The van der Waals surface area contributed by atoms with Gasteiger partial charge in [-0.25, -0.2) is 13.2 Å². The van der Waals surface area contributed by atoms with Crippen molar-refractivity contribution in [3.05, 3.63) is 106 Å². The minimum Gasteiger partial charge on any atom is -0.366 e.